The standard InChI is InChI=1S/C13H15N3/c14-10-13(5-6-13)11-4-3-7-15-12(11)16-8-1-2-9-16/h3-4,7H,1-2,5-6,8-9H2. The molecule has 0 N–H and O–H groups in total. The van der Waals surface area contributed by atoms with Crippen LogP contribution in [0.15, 0.2) is 18.3 Å². The van der Waals surface area contributed by atoms with Gasteiger partial charge >= 0.3 is 0 Å². The minimum absolute atomic E-state index is 0.216. The van der Waals surface area contributed by atoms with Crippen LogP contribution in [-0.2, 0) is 5.41 Å². The molecular formula is C13H15N3. The highest BCUT2D eigenvalue weighted by Crippen LogP contribution is 2.50. The Morgan fingerprint density at radius 1 is 1.31 bits per heavy atom. The molecule has 1 aromatic rings. The Kier molecular flexibility index (Phi) is 2.10. The molecule has 0 bridgehead atoms. The monoisotopic (exact) mass is 213 g/mol. The molecule has 0 radical (unpaired) electrons. The highest BCUT2D eigenvalue weighted by Gasteiger charge is 2.47. The van der Waals surface area contributed by atoms with Crippen molar-refractivity contribution in [3.63, 3.8) is 0 Å². The van der Waals surface area contributed by atoms with Gasteiger partial charge in [-0.15, -0.1) is 0 Å². The van der Waals surface area contributed by atoms with Crippen LogP contribution in [-0.4, -0.2) is 18.1 Å². The molecule has 82 valence electrons. The summed E-state index contributed by atoms with van der Waals surface area (Å²) in [4.78, 5) is 6.82. The van der Waals surface area contributed by atoms with E-state index in [4.69, 9.17) is 0 Å². The van der Waals surface area contributed by atoms with Gasteiger partial charge in [-0.25, -0.2) is 4.98 Å². The number of nitriles is 1. The Hall–Kier alpha value is -1.56. The number of hydrogen-bond acceptors (Lipinski definition) is 3. The van der Waals surface area contributed by atoms with E-state index in [9.17, 15) is 5.26 Å². The molecule has 2 heterocycles. The first-order valence-corrected chi connectivity index (χ1v) is 5.97. The summed E-state index contributed by atoms with van der Waals surface area (Å²) in [6, 6.07) is 6.50. The summed E-state index contributed by atoms with van der Waals surface area (Å²) in [5.41, 5.74) is 0.936. The maximum absolute atomic E-state index is 9.28. The van der Waals surface area contributed by atoms with E-state index >= 15 is 0 Å². The van der Waals surface area contributed by atoms with Gasteiger partial charge in [-0.05, 0) is 31.7 Å². The number of rotatable bonds is 2. The van der Waals surface area contributed by atoms with Gasteiger partial charge in [-0.1, -0.05) is 6.07 Å². The minimum atomic E-state index is -0.216. The van der Waals surface area contributed by atoms with Gasteiger partial charge in [0.25, 0.3) is 0 Å². The lowest BCUT2D eigenvalue weighted by Crippen LogP contribution is -2.22. The summed E-state index contributed by atoms with van der Waals surface area (Å²) in [7, 11) is 0. The highest BCUT2D eigenvalue weighted by atomic mass is 15.2. The zero-order valence-corrected chi connectivity index (χ0v) is 9.32. The first-order chi connectivity index (χ1) is 7.86. The largest absolute Gasteiger partial charge is 0.356 e. The summed E-state index contributed by atoms with van der Waals surface area (Å²) >= 11 is 0. The summed E-state index contributed by atoms with van der Waals surface area (Å²) < 4.78 is 0. The Morgan fingerprint density at radius 3 is 2.69 bits per heavy atom. The Labute approximate surface area is 95.7 Å². The second-order valence-corrected chi connectivity index (χ2v) is 4.76. The molecule has 2 aliphatic rings. The van der Waals surface area contributed by atoms with E-state index in [1.54, 1.807) is 0 Å². The third-order valence-electron chi connectivity index (χ3n) is 3.67. The zero-order valence-electron chi connectivity index (χ0n) is 9.32. The van der Waals surface area contributed by atoms with E-state index in [0.29, 0.717) is 0 Å². The van der Waals surface area contributed by atoms with Crippen molar-refractivity contribution < 1.29 is 0 Å². The van der Waals surface area contributed by atoms with Crippen LogP contribution >= 0.6 is 0 Å². The van der Waals surface area contributed by atoms with Crippen LogP contribution in [0, 0.1) is 11.3 Å². The zero-order chi connectivity index (χ0) is 11.0. The fraction of sp³-hybridized carbons (Fsp3) is 0.538. The molecule has 0 aromatic carbocycles. The molecule has 1 aliphatic heterocycles. The van der Waals surface area contributed by atoms with Gasteiger partial charge < -0.3 is 4.90 Å². The highest BCUT2D eigenvalue weighted by molar-refractivity contribution is 5.56. The molecule has 3 heteroatoms. The van der Waals surface area contributed by atoms with E-state index in [1.807, 2.05) is 12.3 Å². The molecule has 3 rings (SSSR count). The fourth-order valence-electron chi connectivity index (χ4n) is 2.52. The first kappa shape index (κ1) is 9.65. The van der Waals surface area contributed by atoms with Gasteiger partial charge in [0.1, 0.15) is 5.82 Å². The average molecular weight is 213 g/mol. The molecule has 16 heavy (non-hydrogen) atoms. The second-order valence-electron chi connectivity index (χ2n) is 4.76. The third kappa shape index (κ3) is 1.37. The van der Waals surface area contributed by atoms with Crippen LogP contribution in [0.5, 0.6) is 0 Å². The molecule has 3 nitrogen and oxygen atoms in total. The number of nitrogens with zero attached hydrogens (tertiary/aromatic N) is 3. The summed E-state index contributed by atoms with van der Waals surface area (Å²) in [6.45, 7) is 2.18. The van der Waals surface area contributed by atoms with Gasteiger partial charge in [0.2, 0.25) is 0 Å². The SMILES string of the molecule is N#CC1(c2cccnc2N2CCCC2)CC1. The lowest BCUT2D eigenvalue weighted by atomic mass is 9.98. The van der Waals surface area contributed by atoms with Crippen molar-refractivity contribution in [3.8, 4) is 6.07 Å². The smallest absolute Gasteiger partial charge is 0.133 e. The molecule has 1 aromatic heterocycles. The predicted molar refractivity (Wildman–Crippen MR) is 62.2 cm³/mol. The van der Waals surface area contributed by atoms with E-state index in [-0.39, 0.29) is 5.41 Å². The van der Waals surface area contributed by atoms with E-state index in [2.05, 4.69) is 22.0 Å². The molecule has 0 unspecified atom stereocenters. The Balaban J connectivity index is 2.01. The number of hydrogen-bond donors (Lipinski definition) is 0. The lowest BCUT2D eigenvalue weighted by Gasteiger charge is -2.21. The number of anilines is 1. The van der Waals surface area contributed by atoms with Crippen molar-refractivity contribution in [2.75, 3.05) is 18.0 Å². The van der Waals surface area contributed by atoms with Crippen molar-refractivity contribution in [2.45, 2.75) is 31.1 Å². The molecule has 1 aliphatic carbocycles. The van der Waals surface area contributed by atoms with Crippen molar-refractivity contribution >= 4 is 5.82 Å². The second kappa shape index (κ2) is 3.48. The van der Waals surface area contributed by atoms with Gasteiger partial charge in [0.15, 0.2) is 0 Å². The summed E-state index contributed by atoms with van der Waals surface area (Å²) in [5.74, 6) is 1.05. The van der Waals surface area contributed by atoms with Crippen LogP contribution in [0.25, 0.3) is 0 Å². The molecule has 0 atom stereocenters. The van der Waals surface area contributed by atoms with Gasteiger partial charge in [0, 0.05) is 24.8 Å². The molecule has 1 saturated heterocycles. The van der Waals surface area contributed by atoms with Gasteiger partial charge in [0.05, 0.1) is 11.5 Å². The van der Waals surface area contributed by atoms with Crippen LogP contribution in [0.4, 0.5) is 5.82 Å². The predicted octanol–water partition coefficient (Wildman–Crippen LogP) is 2.24. The van der Waals surface area contributed by atoms with Crippen molar-refractivity contribution in [1.82, 2.24) is 4.98 Å². The van der Waals surface area contributed by atoms with Crippen LogP contribution < -0.4 is 4.90 Å². The van der Waals surface area contributed by atoms with E-state index in [0.717, 1.165) is 37.3 Å². The Morgan fingerprint density at radius 2 is 2.06 bits per heavy atom. The van der Waals surface area contributed by atoms with E-state index < -0.39 is 0 Å². The molecule has 2 fully saturated rings. The normalized spacial score (nSPS) is 21.8. The van der Waals surface area contributed by atoms with E-state index in [1.165, 1.54) is 12.8 Å². The van der Waals surface area contributed by atoms with Gasteiger partial charge in [-0.3, -0.25) is 0 Å². The van der Waals surface area contributed by atoms with Crippen molar-refractivity contribution in [3.05, 3.63) is 23.9 Å². The molecule has 1 saturated carbocycles. The third-order valence-corrected chi connectivity index (χ3v) is 3.67. The van der Waals surface area contributed by atoms with Crippen LogP contribution in [0.2, 0.25) is 0 Å². The minimum Gasteiger partial charge on any atom is -0.356 e. The van der Waals surface area contributed by atoms with Gasteiger partial charge in [-0.2, -0.15) is 5.26 Å². The lowest BCUT2D eigenvalue weighted by molar-refractivity contribution is 0.852. The van der Waals surface area contributed by atoms with Crippen molar-refractivity contribution in [2.24, 2.45) is 0 Å². The summed E-state index contributed by atoms with van der Waals surface area (Å²) in [5, 5.41) is 9.28. The maximum atomic E-state index is 9.28. The molecule has 0 amide bonds. The summed E-state index contributed by atoms with van der Waals surface area (Å²) in [6.07, 6.45) is 6.32. The maximum Gasteiger partial charge on any atom is 0.133 e. The average Bonchev–Trinajstić information content (AvgIpc) is 2.95. The topological polar surface area (TPSA) is 39.9 Å². The molecular weight excluding hydrogens is 198 g/mol. The van der Waals surface area contributed by atoms with Crippen LogP contribution in [0.3, 0.4) is 0 Å². The molecule has 0 spiro atoms. The number of aromatic nitrogens is 1. The van der Waals surface area contributed by atoms with Crippen molar-refractivity contribution in [1.29, 1.82) is 5.26 Å². The van der Waals surface area contributed by atoms with Crippen LogP contribution in [0.1, 0.15) is 31.2 Å². The number of pyridine rings is 1. The fourth-order valence-corrected chi connectivity index (χ4v) is 2.52. The quantitative estimate of drug-likeness (QED) is 0.756. The Bertz CT molecular complexity index is 437. The first-order valence-electron chi connectivity index (χ1n) is 5.97.